The molecule has 16 heavy (non-hydrogen) atoms. The molecule has 1 aromatic carbocycles. The minimum absolute atomic E-state index is 0.0418. The van der Waals surface area contributed by atoms with E-state index in [1.54, 1.807) is 12.1 Å². The maximum atomic E-state index is 13.6. The van der Waals surface area contributed by atoms with Crippen molar-refractivity contribution < 1.29 is 13.9 Å². The van der Waals surface area contributed by atoms with Crippen LogP contribution in [0.3, 0.4) is 0 Å². The van der Waals surface area contributed by atoms with Gasteiger partial charge in [-0.2, -0.15) is 0 Å². The van der Waals surface area contributed by atoms with Crippen LogP contribution in [0, 0.1) is 5.82 Å². The van der Waals surface area contributed by atoms with Gasteiger partial charge in [0.2, 0.25) is 0 Å². The van der Waals surface area contributed by atoms with E-state index in [4.69, 9.17) is 4.74 Å². The third-order valence-electron chi connectivity index (χ3n) is 2.34. The lowest BCUT2D eigenvalue weighted by molar-refractivity contribution is -0.108. The fourth-order valence-corrected chi connectivity index (χ4v) is 1.45. The molecule has 0 saturated heterocycles. The highest BCUT2D eigenvalue weighted by Gasteiger charge is 2.10. The van der Waals surface area contributed by atoms with Crippen molar-refractivity contribution in [2.75, 3.05) is 0 Å². The first-order valence-corrected chi connectivity index (χ1v) is 5.44. The highest BCUT2D eigenvalue weighted by molar-refractivity contribution is 5.51. The molecule has 3 heteroatoms. The Kier molecular flexibility index (Phi) is 4.47. The zero-order valence-electron chi connectivity index (χ0n) is 9.87. The van der Waals surface area contributed by atoms with Gasteiger partial charge in [-0.15, -0.1) is 0 Å². The Labute approximate surface area is 95.4 Å². The third kappa shape index (κ3) is 3.33. The number of aldehydes is 1. The summed E-state index contributed by atoms with van der Waals surface area (Å²) in [6, 6.07) is 4.85. The molecular weight excluding hydrogens is 207 g/mol. The van der Waals surface area contributed by atoms with E-state index in [1.165, 1.54) is 6.07 Å². The highest BCUT2D eigenvalue weighted by atomic mass is 19.1. The smallest absolute Gasteiger partial charge is 0.165 e. The number of hydrogen-bond donors (Lipinski definition) is 0. The predicted octanol–water partition coefficient (Wildman–Crippen LogP) is 3.31. The monoisotopic (exact) mass is 224 g/mol. The van der Waals surface area contributed by atoms with E-state index in [2.05, 4.69) is 0 Å². The lowest BCUT2D eigenvalue weighted by atomic mass is 9.98. The molecule has 0 spiro atoms. The summed E-state index contributed by atoms with van der Waals surface area (Å²) in [5, 5.41) is 0. The van der Waals surface area contributed by atoms with Crippen molar-refractivity contribution >= 4 is 6.29 Å². The molecule has 0 aliphatic heterocycles. The zero-order chi connectivity index (χ0) is 12.1. The second-order valence-electron chi connectivity index (χ2n) is 4.16. The molecule has 0 N–H and O–H groups in total. The second-order valence-corrected chi connectivity index (χ2v) is 4.16. The Hall–Kier alpha value is -1.38. The van der Waals surface area contributed by atoms with Gasteiger partial charge in [0, 0.05) is 6.42 Å². The molecule has 0 fully saturated rings. The van der Waals surface area contributed by atoms with Crippen LogP contribution in [-0.2, 0) is 4.79 Å². The van der Waals surface area contributed by atoms with Gasteiger partial charge < -0.3 is 9.53 Å². The maximum Gasteiger partial charge on any atom is 0.165 e. The molecule has 0 aliphatic carbocycles. The Morgan fingerprint density at radius 1 is 1.38 bits per heavy atom. The summed E-state index contributed by atoms with van der Waals surface area (Å²) in [6.07, 6.45) is 1.21. The molecule has 0 heterocycles. The van der Waals surface area contributed by atoms with E-state index in [9.17, 15) is 9.18 Å². The van der Waals surface area contributed by atoms with Gasteiger partial charge in [0.25, 0.3) is 0 Å². The van der Waals surface area contributed by atoms with Crippen LogP contribution in [0.4, 0.5) is 4.39 Å². The Morgan fingerprint density at radius 2 is 2.06 bits per heavy atom. The van der Waals surface area contributed by atoms with Gasteiger partial charge in [0.1, 0.15) is 6.29 Å². The molecule has 0 radical (unpaired) electrons. The number of rotatable bonds is 5. The van der Waals surface area contributed by atoms with Gasteiger partial charge in [-0.25, -0.2) is 4.39 Å². The molecule has 1 rings (SSSR count). The van der Waals surface area contributed by atoms with Crippen molar-refractivity contribution in [2.24, 2.45) is 0 Å². The van der Waals surface area contributed by atoms with Crippen LogP contribution in [-0.4, -0.2) is 12.4 Å². The average Bonchev–Trinajstić information content (AvgIpc) is 2.20. The summed E-state index contributed by atoms with van der Waals surface area (Å²) in [7, 11) is 0. The largest absolute Gasteiger partial charge is 0.488 e. The number of carbonyl (C=O) groups excluding carboxylic acids is 1. The first kappa shape index (κ1) is 12.7. The van der Waals surface area contributed by atoms with Crippen molar-refractivity contribution in [3.05, 3.63) is 29.6 Å². The van der Waals surface area contributed by atoms with Gasteiger partial charge >= 0.3 is 0 Å². The Morgan fingerprint density at radius 3 is 2.56 bits per heavy atom. The minimum Gasteiger partial charge on any atom is -0.488 e. The molecule has 0 aliphatic rings. The maximum absolute atomic E-state index is 13.6. The first-order chi connectivity index (χ1) is 7.54. The van der Waals surface area contributed by atoms with Crippen molar-refractivity contribution in [3.63, 3.8) is 0 Å². The van der Waals surface area contributed by atoms with Gasteiger partial charge in [0.05, 0.1) is 6.10 Å². The fourth-order valence-electron chi connectivity index (χ4n) is 1.45. The average molecular weight is 224 g/mol. The molecule has 0 bridgehead atoms. The zero-order valence-corrected chi connectivity index (χ0v) is 9.87. The van der Waals surface area contributed by atoms with E-state index in [-0.39, 0.29) is 23.6 Å². The van der Waals surface area contributed by atoms with E-state index < -0.39 is 0 Å². The van der Waals surface area contributed by atoms with Gasteiger partial charge in [-0.3, -0.25) is 0 Å². The summed E-state index contributed by atoms with van der Waals surface area (Å²) >= 11 is 0. The molecule has 0 amide bonds. The van der Waals surface area contributed by atoms with Gasteiger partial charge in [0.15, 0.2) is 11.6 Å². The number of benzene rings is 1. The van der Waals surface area contributed by atoms with Crippen LogP contribution in [0.15, 0.2) is 18.2 Å². The van der Waals surface area contributed by atoms with Crippen LogP contribution >= 0.6 is 0 Å². The van der Waals surface area contributed by atoms with Crippen LogP contribution in [0.2, 0.25) is 0 Å². The van der Waals surface area contributed by atoms with Crippen LogP contribution in [0.5, 0.6) is 5.75 Å². The highest BCUT2D eigenvalue weighted by Crippen LogP contribution is 2.25. The van der Waals surface area contributed by atoms with Crippen molar-refractivity contribution in [3.8, 4) is 5.75 Å². The summed E-state index contributed by atoms with van der Waals surface area (Å²) in [6.45, 7) is 5.59. The van der Waals surface area contributed by atoms with Crippen LogP contribution < -0.4 is 4.74 Å². The molecule has 2 nitrogen and oxygen atoms in total. The summed E-state index contributed by atoms with van der Waals surface area (Å²) in [4.78, 5) is 10.4. The molecule has 1 aromatic rings. The first-order valence-electron chi connectivity index (χ1n) is 5.44. The second kappa shape index (κ2) is 5.64. The lowest BCUT2D eigenvalue weighted by Crippen LogP contribution is -2.07. The summed E-state index contributed by atoms with van der Waals surface area (Å²) in [5.41, 5.74) is 0.820. The van der Waals surface area contributed by atoms with Crippen molar-refractivity contribution in [1.29, 1.82) is 0 Å². The number of ether oxygens (including phenoxy) is 1. The predicted molar refractivity (Wildman–Crippen MR) is 61.3 cm³/mol. The van der Waals surface area contributed by atoms with E-state index >= 15 is 0 Å². The number of carbonyl (C=O) groups is 1. The lowest BCUT2D eigenvalue weighted by Gasteiger charge is -2.13. The van der Waals surface area contributed by atoms with Crippen molar-refractivity contribution in [2.45, 2.75) is 39.2 Å². The van der Waals surface area contributed by atoms with E-state index in [1.807, 2.05) is 20.8 Å². The van der Waals surface area contributed by atoms with Gasteiger partial charge in [-0.05, 0) is 37.5 Å². The van der Waals surface area contributed by atoms with E-state index in [0.29, 0.717) is 6.42 Å². The minimum atomic E-state index is -0.371. The Bertz CT molecular complexity index is 361. The molecule has 88 valence electrons. The SMILES string of the molecule is CC(C)Oc1ccc(C(C)CC=O)cc1F. The number of hydrogen-bond acceptors (Lipinski definition) is 2. The quantitative estimate of drug-likeness (QED) is 0.717. The summed E-state index contributed by atoms with van der Waals surface area (Å²) < 4.78 is 18.9. The standard InChI is InChI=1S/C13H17FO2/c1-9(2)16-13-5-4-11(8-12(13)14)10(3)6-7-15/h4-5,7-10H,6H2,1-3H3. The summed E-state index contributed by atoms with van der Waals surface area (Å²) in [5.74, 6) is -0.0684. The molecule has 1 atom stereocenters. The Balaban J connectivity index is 2.85. The van der Waals surface area contributed by atoms with Crippen LogP contribution in [0.25, 0.3) is 0 Å². The van der Waals surface area contributed by atoms with E-state index in [0.717, 1.165) is 11.8 Å². The molecule has 0 saturated carbocycles. The third-order valence-corrected chi connectivity index (χ3v) is 2.34. The normalized spacial score (nSPS) is 12.6. The topological polar surface area (TPSA) is 26.3 Å². The molecular formula is C13H17FO2. The van der Waals surface area contributed by atoms with Crippen molar-refractivity contribution in [1.82, 2.24) is 0 Å². The van der Waals surface area contributed by atoms with Gasteiger partial charge in [-0.1, -0.05) is 13.0 Å². The van der Waals surface area contributed by atoms with Crippen LogP contribution in [0.1, 0.15) is 38.7 Å². The number of halogens is 1. The fraction of sp³-hybridized carbons (Fsp3) is 0.462. The molecule has 1 unspecified atom stereocenters. The molecule has 0 aromatic heterocycles.